The van der Waals surface area contributed by atoms with Crippen molar-refractivity contribution in [3.05, 3.63) is 12.2 Å². The smallest absolute Gasteiger partial charge is 0.146 e. The molecule has 1 aliphatic heterocycles. The van der Waals surface area contributed by atoms with Crippen molar-refractivity contribution in [2.75, 3.05) is 6.54 Å². The molecule has 2 aliphatic rings. The van der Waals surface area contributed by atoms with E-state index in [0.29, 0.717) is 6.04 Å². The third-order valence-electron chi connectivity index (χ3n) is 5.01. The van der Waals surface area contributed by atoms with Crippen LogP contribution < -0.4 is 10.6 Å². The van der Waals surface area contributed by atoms with Gasteiger partial charge in [-0.15, -0.1) is 10.2 Å². The van der Waals surface area contributed by atoms with Crippen LogP contribution in [0.2, 0.25) is 0 Å². The molecule has 2 fully saturated rings. The lowest BCUT2D eigenvalue weighted by molar-refractivity contribution is 0.180. The van der Waals surface area contributed by atoms with Crippen LogP contribution >= 0.6 is 0 Å². The maximum atomic E-state index is 4.17. The lowest BCUT2D eigenvalue weighted by Crippen LogP contribution is -2.50. The van der Waals surface area contributed by atoms with Crippen molar-refractivity contribution in [1.29, 1.82) is 0 Å². The normalized spacial score (nSPS) is 31.4. The number of hydrogen-bond donors (Lipinski definition) is 2. The lowest BCUT2D eigenvalue weighted by Gasteiger charge is -2.40. The van der Waals surface area contributed by atoms with E-state index in [-0.39, 0.29) is 0 Å². The van der Waals surface area contributed by atoms with Gasteiger partial charge in [-0.05, 0) is 38.1 Å². The van der Waals surface area contributed by atoms with E-state index in [1.165, 1.54) is 51.5 Å². The molecule has 5 nitrogen and oxygen atoms in total. The number of hydrogen-bond acceptors (Lipinski definition) is 4. The van der Waals surface area contributed by atoms with E-state index >= 15 is 0 Å². The number of nitrogens with one attached hydrogen (secondary N) is 2. The first-order chi connectivity index (χ1) is 9.84. The molecule has 2 heterocycles. The van der Waals surface area contributed by atoms with Crippen molar-refractivity contribution in [2.45, 2.75) is 63.6 Å². The highest BCUT2D eigenvalue weighted by Crippen LogP contribution is 2.30. The Morgan fingerprint density at radius 1 is 1.25 bits per heavy atom. The van der Waals surface area contributed by atoms with Gasteiger partial charge in [-0.1, -0.05) is 19.3 Å². The van der Waals surface area contributed by atoms with E-state index in [2.05, 4.69) is 20.8 Å². The molecular formula is C15H27N5. The number of aryl methyl sites for hydroxylation is 1. The highest BCUT2D eigenvalue weighted by Gasteiger charge is 2.32. The van der Waals surface area contributed by atoms with Gasteiger partial charge in [0.25, 0.3) is 0 Å². The van der Waals surface area contributed by atoms with Gasteiger partial charge in [-0.25, -0.2) is 0 Å². The second kappa shape index (κ2) is 6.68. The van der Waals surface area contributed by atoms with Crippen LogP contribution in [0.1, 0.15) is 50.8 Å². The van der Waals surface area contributed by atoms with E-state index in [0.717, 1.165) is 24.3 Å². The third kappa shape index (κ3) is 3.20. The molecule has 0 amide bonds. The molecule has 5 heteroatoms. The molecule has 20 heavy (non-hydrogen) atoms. The van der Waals surface area contributed by atoms with Crippen molar-refractivity contribution in [1.82, 2.24) is 25.4 Å². The minimum Gasteiger partial charge on any atom is -0.320 e. The van der Waals surface area contributed by atoms with Crippen molar-refractivity contribution in [3.8, 4) is 0 Å². The van der Waals surface area contributed by atoms with Crippen LogP contribution in [-0.4, -0.2) is 33.4 Å². The Morgan fingerprint density at radius 3 is 2.85 bits per heavy atom. The average molecular weight is 277 g/mol. The summed E-state index contributed by atoms with van der Waals surface area (Å²) in [5.74, 6) is 1.82. The third-order valence-corrected chi connectivity index (χ3v) is 5.01. The van der Waals surface area contributed by atoms with Gasteiger partial charge >= 0.3 is 0 Å². The fourth-order valence-electron chi connectivity index (χ4n) is 3.83. The Bertz CT molecular complexity index is 410. The molecule has 1 saturated heterocycles. The van der Waals surface area contributed by atoms with Crippen molar-refractivity contribution >= 4 is 0 Å². The largest absolute Gasteiger partial charge is 0.320 e. The molecule has 112 valence electrons. The molecular weight excluding hydrogens is 250 g/mol. The number of aromatic nitrogens is 3. The van der Waals surface area contributed by atoms with Crippen LogP contribution in [0.4, 0.5) is 0 Å². The summed E-state index contributed by atoms with van der Waals surface area (Å²) in [6.45, 7) is 2.04. The van der Waals surface area contributed by atoms with Crippen LogP contribution in [0, 0.1) is 5.92 Å². The van der Waals surface area contributed by atoms with Crippen LogP contribution in [0.15, 0.2) is 6.33 Å². The molecule has 1 aliphatic carbocycles. The highest BCUT2D eigenvalue weighted by atomic mass is 15.3. The summed E-state index contributed by atoms with van der Waals surface area (Å²) < 4.78 is 2.00. The fraction of sp³-hybridized carbons (Fsp3) is 0.867. The molecule has 3 atom stereocenters. The monoisotopic (exact) mass is 277 g/mol. The quantitative estimate of drug-likeness (QED) is 0.878. The van der Waals surface area contributed by atoms with E-state index in [9.17, 15) is 0 Å². The molecule has 1 aromatic rings. The Labute approximate surface area is 121 Å². The topological polar surface area (TPSA) is 54.8 Å². The molecule has 1 aromatic heterocycles. The number of piperidine rings is 1. The maximum absolute atomic E-state index is 4.17. The predicted octanol–water partition coefficient (Wildman–Crippen LogP) is 1.61. The molecule has 1 saturated carbocycles. The van der Waals surface area contributed by atoms with Gasteiger partial charge in [-0.3, -0.25) is 0 Å². The minimum atomic E-state index is 0.635. The summed E-state index contributed by atoms with van der Waals surface area (Å²) in [4.78, 5) is 0. The first-order valence-corrected chi connectivity index (χ1v) is 8.14. The molecule has 3 rings (SSSR count). The Hall–Kier alpha value is -0.940. The first-order valence-electron chi connectivity index (χ1n) is 8.14. The SMILES string of the molecule is Cn1cnnc1CNC1CCCCC1C1CCCCN1. The summed E-state index contributed by atoms with van der Waals surface area (Å²) in [6, 6.07) is 1.36. The standard InChI is InChI=1S/C15H27N5/c1-20-11-18-19-15(20)10-17-14-7-3-2-6-12(14)13-8-4-5-9-16-13/h11-14,16-17H,2-10H2,1H3. The van der Waals surface area contributed by atoms with Crippen molar-refractivity contribution in [3.63, 3.8) is 0 Å². The zero-order valence-corrected chi connectivity index (χ0v) is 12.5. The highest BCUT2D eigenvalue weighted by molar-refractivity contribution is 4.92. The van der Waals surface area contributed by atoms with Gasteiger partial charge < -0.3 is 15.2 Å². The number of nitrogens with zero attached hydrogens (tertiary/aromatic N) is 3. The maximum Gasteiger partial charge on any atom is 0.146 e. The van der Waals surface area contributed by atoms with Crippen LogP contribution in [-0.2, 0) is 13.6 Å². The van der Waals surface area contributed by atoms with E-state index in [4.69, 9.17) is 0 Å². The van der Waals surface area contributed by atoms with Gasteiger partial charge in [0, 0.05) is 19.1 Å². The Balaban J connectivity index is 1.58. The van der Waals surface area contributed by atoms with Crippen molar-refractivity contribution < 1.29 is 0 Å². The van der Waals surface area contributed by atoms with Gasteiger partial charge in [0.2, 0.25) is 0 Å². The second-order valence-corrected chi connectivity index (χ2v) is 6.35. The van der Waals surface area contributed by atoms with E-state index in [1.54, 1.807) is 6.33 Å². The molecule has 0 aromatic carbocycles. The average Bonchev–Trinajstić information content (AvgIpc) is 2.92. The number of rotatable bonds is 4. The second-order valence-electron chi connectivity index (χ2n) is 6.35. The molecule has 0 bridgehead atoms. The van der Waals surface area contributed by atoms with Gasteiger partial charge in [0.1, 0.15) is 12.2 Å². The van der Waals surface area contributed by atoms with Crippen molar-refractivity contribution in [2.24, 2.45) is 13.0 Å². The van der Waals surface area contributed by atoms with Crippen LogP contribution in [0.25, 0.3) is 0 Å². The minimum absolute atomic E-state index is 0.635. The molecule has 2 N–H and O–H groups in total. The Kier molecular flexibility index (Phi) is 4.68. The van der Waals surface area contributed by atoms with Gasteiger partial charge in [-0.2, -0.15) is 0 Å². The fourth-order valence-corrected chi connectivity index (χ4v) is 3.83. The first kappa shape index (κ1) is 14.0. The van der Waals surface area contributed by atoms with Gasteiger partial charge in [0.15, 0.2) is 0 Å². The van der Waals surface area contributed by atoms with Crippen LogP contribution in [0.5, 0.6) is 0 Å². The van der Waals surface area contributed by atoms with E-state index in [1.807, 2.05) is 11.6 Å². The van der Waals surface area contributed by atoms with E-state index < -0.39 is 0 Å². The Morgan fingerprint density at radius 2 is 2.10 bits per heavy atom. The zero-order chi connectivity index (χ0) is 13.8. The zero-order valence-electron chi connectivity index (χ0n) is 12.5. The van der Waals surface area contributed by atoms with Gasteiger partial charge in [0.05, 0.1) is 6.54 Å². The summed E-state index contributed by atoms with van der Waals surface area (Å²) >= 11 is 0. The summed E-state index contributed by atoms with van der Waals surface area (Å²) in [5, 5.41) is 15.6. The van der Waals surface area contributed by atoms with Crippen LogP contribution in [0.3, 0.4) is 0 Å². The molecule has 0 radical (unpaired) electrons. The lowest BCUT2D eigenvalue weighted by atomic mass is 9.77. The predicted molar refractivity (Wildman–Crippen MR) is 79.2 cm³/mol. The summed E-state index contributed by atoms with van der Waals surface area (Å²) in [6.07, 6.45) is 11.3. The molecule has 0 spiro atoms. The summed E-state index contributed by atoms with van der Waals surface area (Å²) in [5.41, 5.74) is 0. The summed E-state index contributed by atoms with van der Waals surface area (Å²) in [7, 11) is 2.01. The molecule has 3 unspecified atom stereocenters.